The minimum Gasteiger partial charge on any atom is -0.352 e. The fourth-order valence-electron chi connectivity index (χ4n) is 3.51. The van der Waals surface area contributed by atoms with Crippen LogP contribution in [-0.4, -0.2) is 58.8 Å². The summed E-state index contributed by atoms with van der Waals surface area (Å²) in [5.41, 5.74) is 1.67. The molecule has 0 saturated carbocycles. The molecular formula is C19H27N5O3S. The molecule has 1 N–H and O–H groups in total. The van der Waals surface area contributed by atoms with Gasteiger partial charge in [0, 0.05) is 38.7 Å². The van der Waals surface area contributed by atoms with E-state index in [1.165, 1.54) is 6.33 Å². The zero-order valence-electron chi connectivity index (χ0n) is 16.3. The maximum atomic E-state index is 12.4. The molecule has 1 aromatic heterocycles. The largest absolute Gasteiger partial charge is 0.352 e. The molecule has 2 aromatic rings. The number of sulfonamides is 1. The fourth-order valence-corrected chi connectivity index (χ4v) is 4.69. The van der Waals surface area contributed by atoms with Gasteiger partial charge in [-0.15, -0.1) is 0 Å². The van der Waals surface area contributed by atoms with Crippen molar-refractivity contribution >= 4 is 15.9 Å². The van der Waals surface area contributed by atoms with Crippen molar-refractivity contribution in [3.05, 3.63) is 47.5 Å². The van der Waals surface area contributed by atoms with E-state index < -0.39 is 10.0 Å². The Morgan fingerprint density at radius 1 is 1.36 bits per heavy atom. The van der Waals surface area contributed by atoms with E-state index in [9.17, 15) is 13.2 Å². The second-order valence-electron chi connectivity index (χ2n) is 7.12. The van der Waals surface area contributed by atoms with Gasteiger partial charge in [-0.05, 0) is 43.4 Å². The van der Waals surface area contributed by atoms with Gasteiger partial charge in [-0.3, -0.25) is 9.48 Å². The highest BCUT2D eigenvalue weighted by atomic mass is 32.2. The number of nitrogens with one attached hydrogen (secondary N) is 1. The molecule has 1 aliphatic heterocycles. The van der Waals surface area contributed by atoms with E-state index >= 15 is 0 Å². The molecule has 8 nitrogen and oxygen atoms in total. The maximum Gasteiger partial charge on any atom is 0.251 e. The van der Waals surface area contributed by atoms with Crippen LogP contribution in [0.2, 0.25) is 0 Å². The molecule has 1 aliphatic rings. The third-order valence-electron chi connectivity index (χ3n) is 5.16. The number of nitrogens with zero attached hydrogens (tertiary/aromatic N) is 4. The van der Waals surface area contributed by atoms with Gasteiger partial charge in [0.25, 0.3) is 5.91 Å². The molecule has 0 aliphatic carbocycles. The van der Waals surface area contributed by atoms with E-state index in [2.05, 4.69) is 15.4 Å². The Balaban J connectivity index is 1.54. The van der Waals surface area contributed by atoms with Gasteiger partial charge >= 0.3 is 0 Å². The molecule has 1 amide bonds. The average molecular weight is 406 g/mol. The lowest BCUT2D eigenvalue weighted by Gasteiger charge is -2.15. The number of aromatic nitrogens is 3. The van der Waals surface area contributed by atoms with E-state index in [0.29, 0.717) is 31.6 Å². The Hall–Kier alpha value is -2.26. The van der Waals surface area contributed by atoms with Crippen molar-refractivity contribution in [2.45, 2.75) is 26.2 Å². The van der Waals surface area contributed by atoms with Gasteiger partial charge in [0.15, 0.2) is 0 Å². The van der Waals surface area contributed by atoms with Crippen LogP contribution in [0.1, 0.15) is 35.1 Å². The molecule has 1 unspecified atom stereocenters. The van der Waals surface area contributed by atoms with Crippen LogP contribution < -0.4 is 5.32 Å². The van der Waals surface area contributed by atoms with E-state index in [0.717, 1.165) is 24.2 Å². The van der Waals surface area contributed by atoms with Crippen LogP contribution in [0.5, 0.6) is 0 Å². The molecule has 1 fully saturated rings. The van der Waals surface area contributed by atoms with Gasteiger partial charge in [-0.1, -0.05) is 12.1 Å². The number of carbonyl (C=O) groups excluding carboxylic acids is 1. The summed E-state index contributed by atoms with van der Waals surface area (Å²) in [6, 6.07) is 7.56. The molecule has 0 bridgehead atoms. The van der Waals surface area contributed by atoms with E-state index in [1.54, 1.807) is 22.0 Å². The van der Waals surface area contributed by atoms with Gasteiger partial charge < -0.3 is 5.32 Å². The van der Waals surface area contributed by atoms with Gasteiger partial charge in [0.2, 0.25) is 10.0 Å². The van der Waals surface area contributed by atoms with Crippen molar-refractivity contribution in [3.63, 3.8) is 0 Å². The van der Waals surface area contributed by atoms with Crippen molar-refractivity contribution in [1.82, 2.24) is 24.4 Å². The topological polar surface area (TPSA) is 97.2 Å². The zero-order valence-corrected chi connectivity index (χ0v) is 17.2. The maximum absolute atomic E-state index is 12.4. The summed E-state index contributed by atoms with van der Waals surface area (Å²) in [5, 5.41) is 6.92. The molecule has 0 spiro atoms. The van der Waals surface area contributed by atoms with Gasteiger partial charge in [0.05, 0.1) is 5.75 Å². The number of aryl methyl sites for hydroxylation is 1. The highest BCUT2D eigenvalue weighted by Crippen LogP contribution is 2.23. The molecule has 3 rings (SSSR count). The predicted molar refractivity (Wildman–Crippen MR) is 106 cm³/mol. The summed E-state index contributed by atoms with van der Waals surface area (Å²) in [6.45, 7) is 3.31. The van der Waals surface area contributed by atoms with Crippen LogP contribution in [-0.2, 0) is 29.9 Å². The second-order valence-corrected chi connectivity index (χ2v) is 9.38. The second kappa shape index (κ2) is 8.83. The standard InChI is InChI=1S/C19H27N5O3S/c1-3-28(26,27)24-10-8-16(13-24)11-15-5-4-6-17(12-15)19(25)20-9-7-18-21-14-22-23(18)2/h4-6,12,14,16H,3,7-11,13H2,1-2H3,(H,20,25). The zero-order chi connectivity index (χ0) is 20.1. The Labute approximate surface area is 166 Å². The van der Waals surface area contributed by atoms with Gasteiger partial charge in [0.1, 0.15) is 12.2 Å². The Morgan fingerprint density at radius 3 is 2.89 bits per heavy atom. The van der Waals surface area contributed by atoms with Crippen molar-refractivity contribution in [3.8, 4) is 0 Å². The lowest BCUT2D eigenvalue weighted by molar-refractivity contribution is 0.0953. The van der Waals surface area contributed by atoms with Gasteiger partial charge in [-0.25, -0.2) is 17.7 Å². The lowest BCUT2D eigenvalue weighted by Crippen LogP contribution is -2.30. The number of rotatable bonds is 8. The smallest absolute Gasteiger partial charge is 0.251 e. The van der Waals surface area contributed by atoms with E-state index in [1.807, 2.05) is 25.2 Å². The third-order valence-corrected chi connectivity index (χ3v) is 7.01. The number of amides is 1. The fraction of sp³-hybridized carbons (Fsp3) is 0.526. The summed E-state index contributed by atoms with van der Waals surface area (Å²) in [5.74, 6) is 1.13. The van der Waals surface area contributed by atoms with E-state index in [-0.39, 0.29) is 17.6 Å². The summed E-state index contributed by atoms with van der Waals surface area (Å²) < 4.78 is 27.3. The summed E-state index contributed by atoms with van der Waals surface area (Å²) in [4.78, 5) is 16.6. The molecule has 0 radical (unpaired) electrons. The molecule has 1 saturated heterocycles. The minimum absolute atomic E-state index is 0.120. The molecule has 28 heavy (non-hydrogen) atoms. The lowest BCUT2D eigenvalue weighted by atomic mass is 9.97. The molecular weight excluding hydrogens is 378 g/mol. The normalized spacial score (nSPS) is 17.7. The summed E-state index contributed by atoms with van der Waals surface area (Å²) in [6.07, 6.45) is 3.74. The van der Waals surface area contributed by atoms with Crippen molar-refractivity contribution in [1.29, 1.82) is 0 Å². The Kier molecular flexibility index (Phi) is 6.46. The molecule has 1 atom stereocenters. The average Bonchev–Trinajstić information content (AvgIpc) is 3.31. The molecule has 2 heterocycles. The molecule has 152 valence electrons. The predicted octanol–water partition coefficient (Wildman–Crippen LogP) is 1.00. The Bertz CT molecular complexity index is 925. The monoisotopic (exact) mass is 405 g/mol. The van der Waals surface area contributed by atoms with Crippen molar-refractivity contribution in [2.24, 2.45) is 13.0 Å². The van der Waals surface area contributed by atoms with Crippen LogP contribution in [0.4, 0.5) is 0 Å². The number of hydrogen-bond acceptors (Lipinski definition) is 5. The van der Waals surface area contributed by atoms with Crippen LogP contribution in [0.3, 0.4) is 0 Å². The quantitative estimate of drug-likeness (QED) is 0.707. The summed E-state index contributed by atoms with van der Waals surface area (Å²) in [7, 11) is -1.30. The first-order valence-electron chi connectivity index (χ1n) is 9.57. The van der Waals surface area contributed by atoms with E-state index in [4.69, 9.17) is 0 Å². The summed E-state index contributed by atoms with van der Waals surface area (Å²) >= 11 is 0. The SMILES string of the molecule is CCS(=O)(=O)N1CCC(Cc2cccc(C(=O)NCCc3ncnn3C)c2)C1. The number of hydrogen-bond donors (Lipinski definition) is 1. The van der Waals surface area contributed by atoms with Crippen LogP contribution in [0.15, 0.2) is 30.6 Å². The Morgan fingerprint density at radius 2 is 2.18 bits per heavy atom. The molecule has 1 aromatic carbocycles. The first-order valence-corrected chi connectivity index (χ1v) is 11.2. The van der Waals surface area contributed by atoms with Crippen LogP contribution >= 0.6 is 0 Å². The first-order chi connectivity index (χ1) is 13.4. The number of carbonyl (C=O) groups is 1. The van der Waals surface area contributed by atoms with Crippen molar-refractivity contribution in [2.75, 3.05) is 25.4 Å². The molecule has 9 heteroatoms. The third kappa shape index (κ3) is 4.96. The van der Waals surface area contributed by atoms with Crippen molar-refractivity contribution < 1.29 is 13.2 Å². The van der Waals surface area contributed by atoms with Crippen LogP contribution in [0, 0.1) is 5.92 Å². The van der Waals surface area contributed by atoms with Gasteiger partial charge in [-0.2, -0.15) is 5.10 Å². The highest BCUT2D eigenvalue weighted by molar-refractivity contribution is 7.89. The first kappa shape index (κ1) is 20.5. The minimum atomic E-state index is -3.12. The van der Waals surface area contributed by atoms with Crippen LogP contribution in [0.25, 0.3) is 0 Å². The number of benzene rings is 1. The highest BCUT2D eigenvalue weighted by Gasteiger charge is 2.30.